The van der Waals surface area contributed by atoms with E-state index in [0.717, 1.165) is 24.4 Å². The first-order valence-corrected chi connectivity index (χ1v) is 8.97. The van der Waals surface area contributed by atoms with E-state index in [-0.39, 0.29) is 11.4 Å². The van der Waals surface area contributed by atoms with Crippen LogP contribution in [-0.2, 0) is 10.0 Å². The third-order valence-corrected chi connectivity index (χ3v) is 4.51. The molecular weight excluding hydrogens is 333 g/mol. The van der Waals surface area contributed by atoms with Gasteiger partial charge in [0, 0.05) is 31.4 Å². The zero-order chi connectivity index (χ0) is 17.6. The van der Waals surface area contributed by atoms with Crippen molar-refractivity contribution >= 4 is 21.8 Å². The molecule has 1 heterocycles. The van der Waals surface area contributed by atoms with Crippen molar-refractivity contribution < 1.29 is 12.8 Å². The Kier molecular flexibility index (Phi) is 6.04. The summed E-state index contributed by atoms with van der Waals surface area (Å²) >= 11 is 0. The van der Waals surface area contributed by atoms with E-state index >= 15 is 0 Å². The molecule has 2 aromatic rings. The minimum absolute atomic E-state index is 0.0186. The number of hydrogen-bond acceptors (Lipinski definition) is 6. The Morgan fingerprint density at radius 3 is 2.46 bits per heavy atom. The molecular formula is C15H20FN5O2S. The Bertz CT molecular complexity index is 781. The van der Waals surface area contributed by atoms with Crippen LogP contribution in [0.4, 0.5) is 16.2 Å². The van der Waals surface area contributed by atoms with Crippen LogP contribution in [0.5, 0.6) is 0 Å². The molecule has 9 heteroatoms. The van der Waals surface area contributed by atoms with Gasteiger partial charge in [0.1, 0.15) is 11.6 Å². The Morgan fingerprint density at radius 2 is 1.79 bits per heavy atom. The van der Waals surface area contributed by atoms with Gasteiger partial charge in [-0.25, -0.2) is 22.5 Å². The fourth-order valence-electron chi connectivity index (χ4n) is 1.98. The summed E-state index contributed by atoms with van der Waals surface area (Å²) in [6.07, 6.45) is 0. The van der Waals surface area contributed by atoms with Crippen LogP contribution in [0, 0.1) is 12.7 Å². The molecule has 0 fully saturated rings. The third-order valence-electron chi connectivity index (χ3n) is 3.04. The van der Waals surface area contributed by atoms with Crippen molar-refractivity contribution in [2.24, 2.45) is 0 Å². The van der Waals surface area contributed by atoms with E-state index in [1.807, 2.05) is 19.9 Å². The number of sulfonamides is 1. The first-order chi connectivity index (χ1) is 11.4. The summed E-state index contributed by atoms with van der Waals surface area (Å²) in [5, 5.41) is 6.06. The molecule has 2 rings (SSSR count). The van der Waals surface area contributed by atoms with E-state index in [9.17, 15) is 12.8 Å². The molecule has 0 saturated heterocycles. The summed E-state index contributed by atoms with van der Waals surface area (Å²) in [5.74, 6) is 0.648. The van der Waals surface area contributed by atoms with E-state index < -0.39 is 15.8 Å². The minimum Gasteiger partial charge on any atom is -0.370 e. The monoisotopic (exact) mass is 353 g/mol. The molecule has 0 aliphatic rings. The van der Waals surface area contributed by atoms with Gasteiger partial charge in [0.05, 0.1) is 4.90 Å². The molecule has 3 N–H and O–H groups in total. The average Bonchev–Trinajstić information content (AvgIpc) is 2.52. The third kappa shape index (κ3) is 5.14. The van der Waals surface area contributed by atoms with Crippen LogP contribution < -0.4 is 15.4 Å². The highest BCUT2D eigenvalue weighted by Crippen LogP contribution is 2.10. The fourth-order valence-corrected chi connectivity index (χ4v) is 3.01. The lowest BCUT2D eigenvalue weighted by molar-refractivity contribution is 0.582. The number of rotatable bonds is 8. The first kappa shape index (κ1) is 18.1. The molecule has 0 bridgehead atoms. The number of nitrogens with zero attached hydrogens (tertiary/aromatic N) is 2. The van der Waals surface area contributed by atoms with Crippen molar-refractivity contribution in [3.63, 3.8) is 0 Å². The van der Waals surface area contributed by atoms with Gasteiger partial charge in [0.15, 0.2) is 0 Å². The SMILES string of the molecule is CCNc1cc(C)nc(NCCNS(=O)(=O)c2ccc(F)cc2)n1. The summed E-state index contributed by atoms with van der Waals surface area (Å²) in [5.41, 5.74) is 0.801. The molecule has 130 valence electrons. The van der Waals surface area contributed by atoms with E-state index in [1.54, 1.807) is 0 Å². The van der Waals surface area contributed by atoms with Crippen molar-refractivity contribution in [3.05, 3.63) is 41.8 Å². The maximum Gasteiger partial charge on any atom is 0.240 e. The van der Waals surface area contributed by atoms with Crippen LogP contribution in [-0.4, -0.2) is 38.0 Å². The lowest BCUT2D eigenvalue weighted by Gasteiger charge is -2.10. The zero-order valence-corrected chi connectivity index (χ0v) is 14.3. The van der Waals surface area contributed by atoms with Crippen LogP contribution >= 0.6 is 0 Å². The molecule has 0 radical (unpaired) electrons. The topological polar surface area (TPSA) is 96.0 Å². The van der Waals surface area contributed by atoms with Crippen LogP contribution in [0.15, 0.2) is 35.2 Å². The Balaban J connectivity index is 1.89. The van der Waals surface area contributed by atoms with Crippen molar-refractivity contribution in [3.8, 4) is 0 Å². The summed E-state index contributed by atoms with van der Waals surface area (Å²) in [6.45, 7) is 5.02. The van der Waals surface area contributed by atoms with Crippen molar-refractivity contribution in [1.82, 2.24) is 14.7 Å². The van der Waals surface area contributed by atoms with Gasteiger partial charge in [-0.3, -0.25) is 0 Å². The lowest BCUT2D eigenvalue weighted by Crippen LogP contribution is -2.29. The second-order valence-corrected chi connectivity index (χ2v) is 6.79. The molecule has 7 nitrogen and oxygen atoms in total. The quantitative estimate of drug-likeness (QED) is 0.626. The van der Waals surface area contributed by atoms with Gasteiger partial charge >= 0.3 is 0 Å². The number of nitrogens with one attached hydrogen (secondary N) is 3. The molecule has 0 unspecified atom stereocenters. The Labute approximate surface area is 140 Å². The smallest absolute Gasteiger partial charge is 0.240 e. The zero-order valence-electron chi connectivity index (χ0n) is 13.5. The summed E-state index contributed by atoms with van der Waals surface area (Å²) in [7, 11) is -3.67. The van der Waals surface area contributed by atoms with E-state index in [4.69, 9.17) is 0 Å². The number of aryl methyl sites for hydroxylation is 1. The Hall–Kier alpha value is -2.26. The van der Waals surface area contributed by atoms with Gasteiger partial charge < -0.3 is 10.6 Å². The molecule has 0 aliphatic carbocycles. The second kappa shape index (κ2) is 8.02. The second-order valence-electron chi connectivity index (χ2n) is 5.03. The first-order valence-electron chi connectivity index (χ1n) is 7.49. The average molecular weight is 353 g/mol. The summed E-state index contributed by atoms with van der Waals surface area (Å²) in [6, 6.07) is 6.48. The molecule has 0 amide bonds. The van der Waals surface area contributed by atoms with Gasteiger partial charge in [-0.2, -0.15) is 4.98 Å². The standard InChI is InChI=1S/C15H20FN5O2S/c1-3-17-14-10-11(2)20-15(21-14)18-8-9-19-24(22,23)13-6-4-12(16)5-7-13/h4-7,10,19H,3,8-9H2,1-2H3,(H2,17,18,20,21). The largest absolute Gasteiger partial charge is 0.370 e. The number of aromatic nitrogens is 2. The fraction of sp³-hybridized carbons (Fsp3) is 0.333. The highest BCUT2D eigenvalue weighted by atomic mass is 32.2. The van der Waals surface area contributed by atoms with E-state index in [0.29, 0.717) is 18.3 Å². The maximum absolute atomic E-state index is 12.8. The summed E-state index contributed by atoms with van der Waals surface area (Å²) < 4.78 is 39.4. The number of anilines is 2. The predicted octanol–water partition coefficient (Wildman–Crippen LogP) is 1.75. The predicted molar refractivity (Wildman–Crippen MR) is 91.0 cm³/mol. The number of benzene rings is 1. The highest BCUT2D eigenvalue weighted by Gasteiger charge is 2.13. The molecule has 1 aromatic heterocycles. The van der Waals surface area contributed by atoms with Crippen molar-refractivity contribution in [2.75, 3.05) is 30.3 Å². The normalized spacial score (nSPS) is 11.3. The van der Waals surface area contributed by atoms with Crippen LogP contribution in [0.25, 0.3) is 0 Å². The highest BCUT2D eigenvalue weighted by molar-refractivity contribution is 7.89. The van der Waals surface area contributed by atoms with Crippen molar-refractivity contribution in [2.45, 2.75) is 18.7 Å². The maximum atomic E-state index is 12.8. The van der Waals surface area contributed by atoms with Crippen LogP contribution in [0.2, 0.25) is 0 Å². The molecule has 1 aromatic carbocycles. The lowest BCUT2D eigenvalue weighted by atomic mass is 10.4. The van der Waals surface area contributed by atoms with Crippen molar-refractivity contribution in [1.29, 1.82) is 0 Å². The number of halogens is 1. The van der Waals surface area contributed by atoms with Gasteiger partial charge in [-0.1, -0.05) is 0 Å². The van der Waals surface area contributed by atoms with Crippen LogP contribution in [0.1, 0.15) is 12.6 Å². The van der Waals surface area contributed by atoms with Crippen LogP contribution in [0.3, 0.4) is 0 Å². The van der Waals surface area contributed by atoms with E-state index in [1.165, 1.54) is 12.1 Å². The summed E-state index contributed by atoms with van der Waals surface area (Å²) in [4.78, 5) is 8.53. The number of hydrogen-bond donors (Lipinski definition) is 3. The minimum atomic E-state index is -3.67. The van der Waals surface area contributed by atoms with Gasteiger partial charge in [-0.15, -0.1) is 0 Å². The van der Waals surface area contributed by atoms with Gasteiger partial charge in [0.2, 0.25) is 16.0 Å². The Morgan fingerprint density at radius 1 is 1.08 bits per heavy atom. The molecule has 24 heavy (non-hydrogen) atoms. The van der Waals surface area contributed by atoms with Gasteiger partial charge in [0.25, 0.3) is 0 Å². The van der Waals surface area contributed by atoms with E-state index in [2.05, 4.69) is 25.3 Å². The molecule has 0 aliphatic heterocycles. The molecule has 0 spiro atoms. The molecule has 0 atom stereocenters. The van der Waals surface area contributed by atoms with Gasteiger partial charge in [-0.05, 0) is 38.1 Å². The molecule has 0 saturated carbocycles.